The zero-order valence-electron chi connectivity index (χ0n) is 11.4. The third-order valence-corrected chi connectivity index (χ3v) is 3.13. The van der Waals surface area contributed by atoms with E-state index >= 15 is 0 Å². The van der Waals surface area contributed by atoms with E-state index in [0.29, 0.717) is 0 Å². The number of carbonyl (C=O) groups excluding carboxylic acids is 1. The molecule has 0 aromatic heterocycles. The molecule has 2 rings (SSSR count). The van der Waals surface area contributed by atoms with E-state index in [0.717, 1.165) is 30.0 Å². The summed E-state index contributed by atoms with van der Waals surface area (Å²) < 4.78 is 5.34. The fourth-order valence-electron chi connectivity index (χ4n) is 2.04. The van der Waals surface area contributed by atoms with Crippen molar-refractivity contribution in [1.82, 2.24) is 5.32 Å². The van der Waals surface area contributed by atoms with Crippen molar-refractivity contribution in [3.05, 3.63) is 35.9 Å². The minimum Gasteiger partial charge on any atom is -0.482 e. The summed E-state index contributed by atoms with van der Waals surface area (Å²) in [6.45, 7) is 5.17. The highest BCUT2D eigenvalue weighted by atomic mass is 16.5. The van der Waals surface area contributed by atoms with E-state index < -0.39 is 0 Å². The molecule has 1 aliphatic rings. The van der Waals surface area contributed by atoms with Crippen molar-refractivity contribution >= 4 is 11.6 Å². The predicted octanol–water partition coefficient (Wildman–Crippen LogP) is 2.63. The molecule has 1 heterocycles. The van der Waals surface area contributed by atoms with E-state index in [4.69, 9.17) is 4.74 Å². The summed E-state index contributed by atoms with van der Waals surface area (Å²) in [6.07, 6.45) is 5.21. The monoisotopic (exact) mass is 260 g/mol. The second-order valence-electron chi connectivity index (χ2n) is 4.63. The zero-order valence-corrected chi connectivity index (χ0v) is 11.4. The van der Waals surface area contributed by atoms with Gasteiger partial charge in [-0.3, -0.25) is 4.79 Å². The Hall–Kier alpha value is -1.81. The lowest BCUT2D eigenvalue weighted by Gasteiger charge is -2.20. The summed E-state index contributed by atoms with van der Waals surface area (Å²) in [5.74, 6) is 0.641. The number of ether oxygens (including phenoxy) is 1. The Bertz CT molecular complexity index is 483. The number of benzene rings is 1. The van der Waals surface area contributed by atoms with Gasteiger partial charge in [-0.2, -0.15) is 0 Å². The molecular weight excluding hydrogens is 240 g/mol. The van der Waals surface area contributed by atoms with Crippen molar-refractivity contribution in [3.63, 3.8) is 0 Å². The molecule has 0 saturated heterocycles. The summed E-state index contributed by atoms with van der Waals surface area (Å²) in [7, 11) is 0. The first-order valence-electron chi connectivity index (χ1n) is 6.62. The molecule has 0 radical (unpaired) electrons. The number of amides is 1. The van der Waals surface area contributed by atoms with Gasteiger partial charge in [0.1, 0.15) is 5.75 Å². The van der Waals surface area contributed by atoms with Crippen LogP contribution in [0.4, 0.5) is 5.69 Å². The van der Waals surface area contributed by atoms with Gasteiger partial charge in [0.2, 0.25) is 0 Å². The molecule has 1 aliphatic heterocycles. The molecule has 0 spiro atoms. The Labute approximate surface area is 113 Å². The van der Waals surface area contributed by atoms with Gasteiger partial charge in [0.25, 0.3) is 5.91 Å². The standard InChI is InChI=1S/C15H20N2O2/c1-3-4-5-8-16-11(2)12-6-7-14-13(9-12)17-15(18)10-19-14/h3-4,6-7,9,11,16H,5,8,10H2,1-2H3,(H,17,18)/b4-3+. The zero-order chi connectivity index (χ0) is 13.7. The van der Waals surface area contributed by atoms with Crippen LogP contribution in [0.2, 0.25) is 0 Å². The van der Waals surface area contributed by atoms with Gasteiger partial charge in [-0.15, -0.1) is 0 Å². The maximum Gasteiger partial charge on any atom is 0.262 e. The van der Waals surface area contributed by atoms with Crippen LogP contribution in [0.25, 0.3) is 0 Å². The van der Waals surface area contributed by atoms with E-state index in [1.54, 1.807) is 0 Å². The smallest absolute Gasteiger partial charge is 0.262 e. The lowest BCUT2D eigenvalue weighted by molar-refractivity contribution is -0.118. The fraction of sp³-hybridized carbons (Fsp3) is 0.400. The maximum atomic E-state index is 11.3. The number of fused-ring (bicyclic) bond motifs is 1. The highest BCUT2D eigenvalue weighted by molar-refractivity contribution is 5.95. The SMILES string of the molecule is C/C=C/CCNC(C)c1ccc2c(c1)NC(=O)CO2. The first-order valence-corrected chi connectivity index (χ1v) is 6.62. The summed E-state index contributed by atoms with van der Waals surface area (Å²) in [5, 5.41) is 6.28. The van der Waals surface area contributed by atoms with Crippen LogP contribution in [0, 0.1) is 0 Å². The second kappa shape index (κ2) is 6.38. The number of anilines is 1. The number of hydrogen-bond acceptors (Lipinski definition) is 3. The van der Waals surface area contributed by atoms with E-state index in [9.17, 15) is 4.79 Å². The van der Waals surface area contributed by atoms with Gasteiger partial charge in [0.05, 0.1) is 5.69 Å². The maximum absolute atomic E-state index is 11.3. The molecule has 0 saturated carbocycles. The van der Waals surface area contributed by atoms with E-state index in [1.165, 1.54) is 0 Å². The molecule has 102 valence electrons. The molecule has 4 nitrogen and oxygen atoms in total. The molecule has 0 bridgehead atoms. The third kappa shape index (κ3) is 3.58. The average molecular weight is 260 g/mol. The van der Waals surface area contributed by atoms with Crippen LogP contribution in [0.15, 0.2) is 30.4 Å². The molecule has 1 atom stereocenters. The minimum atomic E-state index is -0.0988. The summed E-state index contributed by atoms with van der Waals surface area (Å²) in [4.78, 5) is 11.3. The van der Waals surface area contributed by atoms with Crippen molar-refractivity contribution in [1.29, 1.82) is 0 Å². The van der Waals surface area contributed by atoms with Gasteiger partial charge >= 0.3 is 0 Å². The first-order chi connectivity index (χ1) is 9.20. The number of hydrogen-bond donors (Lipinski definition) is 2. The fourth-order valence-corrected chi connectivity index (χ4v) is 2.04. The molecule has 19 heavy (non-hydrogen) atoms. The summed E-state index contributed by atoms with van der Waals surface area (Å²) >= 11 is 0. The second-order valence-corrected chi connectivity index (χ2v) is 4.63. The molecular formula is C15H20N2O2. The topological polar surface area (TPSA) is 50.4 Å². The molecule has 4 heteroatoms. The van der Waals surface area contributed by atoms with Gasteiger partial charge in [0, 0.05) is 6.04 Å². The van der Waals surface area contributed by atoms with Crippen LogP contribution in [0.3, 0.4) is 0 Å². The number of nitrogens with one attached hydrogen (secondary N) is 2. The van der Waals surface area contributed by atoms with Crippen LogP contribution in [-0.4, -0.2) is 19.1 Å². The minimum absolute atomic E-state index is 0.0988. The predicted molar refractivity (Wildman–Crippen MR) is 76.4 cm³/mol. The Morgan fingerprint density at radius 3 is 3.16 bits per heavy atom. The Kier molecular flexibility index (Phi) is 4.58. The number of rotatable bonds is 5. The average Bonchev–Trinajstić information content (AvgIpc) is 2.42. The van der Waals surface area contributed by atoms with Crippen LogP contribution >= 0.6 is 0 Å². The molecule has 0 aliphatic carbocycles. The largest absolute Gasteiger partial charge is 0.482 e. The van der Waals surface area contributed by atoms with Crippen molar-refractivity contribution in [2.45, 2.75) is 26.3 Å². The Morgan fingerprint density at radius 1 is 1.53 bits per heavy atom. The summed E-state index contributed by atoms with van der Waals surface area (Å²) in [5.41, 5.74) is 1.90. The van der Waals surface area contributed by atoms with Gasteiger partial charge in [-0.05, 0) is 44.5 Å². The highest BCUT2D eigenvalue weighted by Gasteiger charge is 2.17. The van der Waals surface area contributed by atoms with Gasteiger partial charge in [-0.1, -0.05) is 18.2 Å². The van der Waals surface area contributed by atoms with Crippen LogP contribution < -0.4 is 15.4 Å². The van der Waals surface area contributed by atoms with Crippen LogP contribution in [0.5, 0.6) is 5.75 Å². The van der Waals surface area contributed by atoms with Crippen LogP contribution in [-0.2, 0) is 4.79 Å². The molecule has 1 unspecified atom stereocenters. The molecule has 2 N–H and O–H groups in total. The molecule has 1 amide bonds. The van der Waals surface area contributed by atoms with Crippen LogP contribution in [0.1, 0.15) is 31.9 Å². The third-order valence-electron chi connectivity index (χ3n) is 3.13. The van der Waals surface area contributed by atoms with E-state index in [-0.39, 0.29) is 18.6 Å². The van der Waals surface area contributed by atoms with Gasteiger partial charge < -0.3 is 15.4 Å². The lowest BCUT2D eigenvalue weighted by Crippen LogP contribution is -2.26. The van der Waals surface area contributed by atoms with E-state index in [1.807, 2.05) is 25.1 Å². The summed E-state index contributed by atoms with van der Waals surface area (Å²) in [6, 6.07) is 6.16. The highest BCUT2D eigenvalue weighted by Crippen LogP contribution is 2.30. The van der Waals surface area contributed by atoms with Crippen molar-refractivity contribution in [2.24, 2.45) is 0 Å². The molecule has 1 aromatic rings. The Morgan fingerprint density at radius 2 is 2.37 bits per heavy atom. The normalized spacial score (nSPS) is 15.8. The lowest BCUT2D eigenvalue weighted by atomic mass is 10.1. The van der Waals surface area contributed by atoms with E-state index in [2.05, 4.69) is 29.7 Å². The molecule has 1 aromatic carbocycles. The number of carbonyl (C=O) groups is 1. The Balaban J connectivity index is 2.00. The van der Waals surface area contributed by atoms with Crippen molar-refractivity contribution in [3.8, 4) is 5.75 Å². The van der Waals surface area contributed by atoms with Gasteiger partial charge in [-0.25, -0.2) is 0 Å². The van der Waals surface area contributed by atoms with Crippen molar-refractivity contribution in [2.75, 3.05) is 18.5 Å². The number of allylic oxidation sites excluding steroid dienone is 1. The quantitative estimate of drug-likeness (QED) is 0.632. The van der Waals surface area contributed by atoms with Crippen molar-refractivity contribution < 1.29 is 9.53 Å². The van der Waals surface area contributed by atoms with Gasteiger partial charge in [0.15, 0.2) is 6.61 Å². The molecule has 0 fully saturated rings. The first kappa shape index (κ1) is 13.6.